The van der Waals surface area contributed by atoms with E-state index in [-0.39, 0.29) is 12.3 Å². The van der Waals surface area contributed by atoms with E-state index in [0.29, 0.717) is 16.0 Å². The molecule has 0 bridgehead atoms. The lowest BCUT2D eigenvalue weighted by Gasteiger charge is -2.30. The number of carbonyl (C=O) groups is 1. The second-order valence-corrected chi connectivity index (χ2v) is 6.41. The van der Waals surface area contributed by atoms with Gasteiger partial charge in [-0.1, -0.05) is 32.0 Å². The molecule has 1 N–H and O–H groups in total. The summed E-state index contributed by atoms with van der Waals surface area (Å²) in [6, 6.07) is 8.00. The van der Waals surface area contributed by atoms with Crippen LogP contribution in [0.3, 0.4) is 0 Å². The molecular formula is C18H21F3N2O4. The van der Waals surface area contributed by atoms with Crippen LogP contribution in [0.1, 0.15) is 31.4 Å². The summed E-state index contributed by atoms with van der Waals surface area (Å²) in [5, 5.41) is 13.8. The van der Waals surface area contributed by atoms with Gasteiger partial charge in [0, 0.05) is 17.2 Å². The van der Waals surface area contributed by atoms with Gasteiger partial charge >= 0.3 is 5.97 Å². The number of alkyl halides is 3. The lowest BCUT2D eigenvalue weighted by molar-refractivity contribution is -0.153. The highest BCUT2D eigenvalue weighted by Crippen LogP contribution is 2.35. The fraction of sp³-hybridized carbons (Fsp3) is 0.444. The van der Waals surface area contributed by atoms with Crippen molar-refractivity contribution in [2.24, 2.45) is 0 Å². The first-order chi connectivity index (χ1) is 12.7. The highest BCUT2D eigenvalue weighted by Gasteiger charge is 2.38. The Labute approximate surface area is 154 Å². The number of carbonyl (C=O) groups excluding carboxylic acids is 1. The van der Waals surface area contributed by atoms with E-state index in [1.165, 1.54) is 19.4 Å². The third kappa shape index (κ3) is 4.41. The molecule has 0 spiro atoms. The number of halogens is 3. The number of esters is 1. The minimum Gasteiger partial charge on any atom is -0.487 e. The number of aromatic nitrogens is 2. The van der Waals surface area contributed by atoms with Gasteiger partial charge in [0.2, 0.25) is 0 Å². The van der Waals surface area contributed by atoms with Crippen molar-refractivity contribution in [2.45, 2.75) is 44.7 Å². The van der Waals surface area contributed by atoms with Crippen LogP contribution in [0.5, 0.6) is 5.75 Å². The molecular weight excluding hydrogens is 365 g/mol. The van der Waals surface area contributed by atoms with Crippen molar-refractivity contribution in [3.05, 3.63) is 47.8 Å². The van der Waals surface area contributed by atoms with Crippen molar-refractivity contribution in [1.82, 2.24) is 9.78 Å². The van der Waals surface area contributed by atoms with Crippen LogP contribution < -0.4 is 4.74 Å². The molecule has 2 atom stereocenters. The first-order valence-electron chi connectivity index (χ1n) is 8.13. The second kappa shape index (κ2) is 8.43. The van der Waals surface area contributed by atoms with E-state index in [2.05, 4.69) is 9.84 Å². The van der Waals surface area contributed by atoms with Gasteiger partial charge in [-0.2, -0.15) is 5.10 Å². The number of aliphatic hydroxyl groups excluding tert-OH is 1. The zero-order valence-electron chi connectivity index (χ0n) is 15.1. The number of ether oxygens (including phenoxy) is 2. The number of hydrogen-bond donors (Lipinski definition) is 1. The molecule has 1 aromatic heterocycles. The molecule has 2 aromatic rings. The topological polar surface area (TPSA) is 73.6 Å². The Bertz CT molecular complexity index is 779. The number of rotatable bonds is 8. The molecule has 9 heteroatoms. The smallest absolute Gasteiger partial charge is 0.335 e. The molecule has 148 valence electrons. The van der Waals surface area contributed by atoms with Gasteiger partial charge in [-0.05, 0) is 12.1 Å². The SMILES string of the molecule is COC(=O)C(O)C(C)(C)c1ccccc1OCc1ccnn1C(F)C(F)F. The minimum atomic E-state index is -3.22. The molecule has 6 nitrogen and oxygen atoms in total. The van der Waals surface area contributed by atoms with Gasteiger partial charge in [0.05, 0.1) is 12.8 Å². The maximum absolute atomic E-state index is 13.6. The average molecular weight is 386 g/mol. The summed E-state index contributed by atoms with van der Waals surface area (Å²) in [6.07, 6.45) is -6.05. The van der Waals surface area contributed by atoms with Gasteiger partial charge in [0.1, 0.15) is 12.4 Å². The highest BCUT2D eigenvalue weighted by atomic mass is 19.3. The van der Waals surface area contributed by atoms with Crippen LogP contribution >= 0.6 is 0 Å². The molecule has 0 radical (unpaired) electrons. The standard InChI is InChI=1S/C18H21F3N2O4/c1-18(2,14(24)17(25)26-3)12-6-4-5-7-13(12)27-10-11-8-9-22-23(11)16(21)15(19)20/h4-9,14-16,24H,10H2,1-3H3. The van der Waals surface area contributed by atoms with E-state index >= 15 is 0 Å². The quantitative estimate of drug-likeness (QED) is 0.706. The van der Waals surface area contributed by atoms with Crippen LogP contribution in [0.15, 0.2) is 36.5 Å². The summed E-state index contributed by atoms with van der Waals surface area (Å²) in [6.45, 7) is 3.04. The predicted molar refractivity (Wildman–Crippen MR) is 90.2 cm³/mol. The largest absolute Gasteiger partial charge is 0.487 e. The van der Waals surface area contributed by atoms with E-state index in [4.69, 9.17) is 4.74 Å². The number of para-hydroxylation sites is 1. The molecule has 2 rings (SSSR count). The lowest BCUT2D eigenvalue weighted by atomic mass is 9.79. The van der Waals surface area contributed by atoms with Crippen molar-refractivity contribution in [1.29, 1.82) is 0 Å². The average Bonchev–Trinajstić information content (AvgIpc) is 3.12. The number of methoxy groups -OCH3 is 1. The Morgan fingerprint density at radius 2 is 1.93 bits per heavy atom. The molecule has 0 aliphatic heterocycles. The summed E-state index contributed by atoms with van der Waals surface area (Å²) >= 11 is 0. The molecule has 0 saturated carbocycles. The van der Waals surface area contributed by atoms with Crippen LogP contribution in [-0.2, 0) is 21.6 Å². The fourth-order valence-corrected chi connectivity index (χ4v) is 2.61. The number of benzene rings is 1. The Balaban J connectivity index is 2.25. The van der Waals surface area contributed by atoms with Crippen molar-refractivity contribution in [3.63, 3.8) is 0 Å². The highest BCUT2D eigenvalue weighted by molar-refractivity contribution is 5.76. The molecule has 0 aliphatic rings. The van der Waals surface area contributed by atoms with Gasteiger partial charge in [0.15, 0.2) is 6.10 Å². The summed E-state index contributed by atoms with van der Waals surface area (Å²) in [7, 11) is 1.17. The number of nitrogens with zero attached hydrogens (tertiary/aromatic N) is 2. The predicted octanol–water partition coefficient (Wildman–Crippen LogP) is 3.01. The maximum Gasteiger partial charge on any atom is 0.335 e. The van der Waals surface area contributed by atoms with Crippen molar-refractivity contribution in [2.75, 3.05) is 7.11 Å². The van der Waals surface area contributed by atoms with Gasteiger partial charge in [-0.3, -0.25) is 0 Å². The lowest BCUT2D eigenvalue weighted by Crippen LogP contribution is -2.40. The Morgan fingerprint density at radius 3 is 2.56 bits per heavy atom. The van der Waals surface area contributed by atoms with Gasteiger partial charge in [-0.15, -0.1) is 0 Å². The third-order valence-electron chi connectivity index (χ3n) is 4.26. The van der Waals surface area contributed by atoms with E-state index in [1.54, 1.807) is 38.1 Å². The van der Waals surface area contributed by atoms with E-state index in [9.17, 15) is 23.1 Å². The van der Waals surface area contributed by atoms with Crippen LogP contribution in [0, 0.1) is 0 Å². The number of hydrogen-bond acceptors (Lipinski definition) is 5. The van der Waals surface area contributed by atoms with Gasteiger partial charge < -0.3 is 14.6 Å². The molecule has 0 aliphatic carbocycles. The third-order valence-corrected chi connectivity index (χ3v) is 4.26. The van der Waals surface area contributed by atoms with Crippen LogP contribution in [0.2, 0.25) is 0 Å². The fourth-order valence-electron chi connectivity index (χ4n) is 2.61. The molecule has 0 amide bonds. The van der Waals surface area contributed by atoms with E-state index in [1.807, 2.05) is 0 Å². The summed E-state index contributed by atoms with van der Waals surface area (Å²) in [5.74, 6) is -0.490. The number of aliphatic hydroxyl groups is 1. The Hall–Kier alpha value is -2.55. The molecule has 1 aromatic carbocycles. The first-order valence-corrected chi connectivity index (χ1v) is 8.13. The second-order valence-electron chi connectivity index (χ2n) is 6.41. The monoisotopic (exact) mass is 386 g/mol. The zero-order chi connectivity index (χ0) is 20.2. The molecule has 0 fully saturated rings. The summed E-state index contributed by atoms with van der Waals surface area (Å²) in [5.41, 5.74) is -0.446. The van der Waals surface area contributed by atoms with Crippen molar-refractivity contribution < 1.29 is 32.5 Å². The maximum atomic E-state index is 13.6. The van der Waals surface area contributed by atoms with E-state index < -0.39 is 30.2 Å². The summed E-state index contributed by atoms with van der Waals surface area (Å²) in [4.78, 5) is 11.7. The van der Waals surface area contributed by atoms with Gasteiger partial charge in [0.25, 0.3) is 12.7 Å². The molecule has 0 saturated heterocycles. The zero-order valence-corrected chi connectivity index (χ0v) is 15.1. The van der Waals surface area contributed by atoms with E-state index in [0.717, 1.165) is 0 Å². The van der Waals surface area contributed by atoms with Gasteiger partial charge in [-0.25, -0.2) is 22.6 Å². The van der Waals surface area contributed by atoms with Crippen LogP contribution in [0.4, 0.5) is 13.2 Å². The Morgan fingerprint density at radius 1 is 1.26 bits per heavy atom. The molecule has 1 heterocycles. The Kier molecular flexibility index (Phi) is 6.48. The molecule has 27 heavy (non-hydrogen) atoms. The van der Waals surface area contributed by atoms with Crippen molar-refractivity contribution >= 4 is 5.97 Å². The van der Waals surface area contributed by atoms with Crippen LogP contribution in [0.25, 0.3) is 0 Å². The minimum absolute atomic E-state index is 0.115. The normalized spacial score (nSPS) is 14.1. The van der Waals surface area contributed by atoms with Crippen molar-refractivity contribution in [3.8, 4) is 5.75 Å². The summed E-state index contributed by atoms with van der Waals surface area (Å²) < 4.78 is 49.6. The van der Waals surface area contributed by atoms with Crippen LogP contribution in [-0.4, -0.2) is 40.5 Å². The molecule has 2 unspecified atom stereocenters. The first kappa shape index (κ1) is 20.8.